The van der Waals surface area contributed by atoms with Gasteiger partial charge in [-0.25, -0.2) is 8.78 Å². The molecule has 0 saturated heterocycles. The maximum atomic E-state index is 13.3. The monoisotopic (exact) mass is 224 g/mol. The van der Waals surface area contributed by atoms with Crippen LogP contribution in [0.25, 0.3) is 0 Å². The molecule has 0 aromatic heterocycles. The molecule has 1 rings (SSSR count). The van der Waals surface area contributed by atoms with Gasteiger partial charge < -0.3 is 4.90 Å². The molecule has 0 N–H and O–H groups in total. The van der Waals surface area contributed by atoms with Gasteiger partial charge in [-0.2, -0.15) is 5.26 Å². The van der Waals surface area contributed by atoms with Crippen LogP contribution in [0.4, 0.5) is 14.5 Å². The molecule has 0 unspecified atom stereocenters. The van der Waals surface area contributed by atoms with Gasteiger partial charge in [-0.05, 0) is 12.1 Å². The van der Waals surface area contributed by atoms with Crippen LogP contribution in [-0.2, 0) is 4.79 Å². The summed E-state index contributed by atoms with van der Waals surface area (Å²) in [5.74, 6) is -1.71. The lowest BCUT2D eigenvalue weighted by atomic mass is 10.2. The predicted octanol–water partition coefficient (Wildman–Crippen LogP) is 2.23. The molecule has 0 radical (unpaired) electrons. The van der Waals surface area contributed by atoms with Crippen LogP contribution >= 0.6 is 0 Å². The molecule has 16 heavy (non-hydrogen) atoms. The Hall–Kier alpha value is -1.96. The summed E-state index contributed by atoms with van der Waals surface area (Å²) in [6.07, 6.45) is 0.0447. The molecule has 1 aromatic carbocycles. The fourth-order valence-corrected chi connectivity index (χ4v) is 1.21. The standard InChI is InChI=1S/C11H10F2N2O/c1-15(11(16)3-2-6-14)10-7-8(12)4-5-9(10)13/h4-5,7H,2-3H2,1H3. The van der Waals surface area contributed by atoms with Crippen LogP contribution in [0, 0.1) is 23.0 Å². The van der Waals surface area contributed by atoms with Crippen molar-refractivity contribution < 1.29 is 13.6 Å². The van der Waals surface area contributed by atoms with Crippen LogP contribution < -0.4 is 4.90 Å². The Kier molecular flexibility index (Phi) is 3.95. The van der Waals surface area contributed by atoms with Crippen molar-refractivity contribution >= 4 is 11.6 Å². The van der Waals surface area contributed by atoms with E-state index in [1.807, 2.05) is 6.07 Å². The maximum absolute atomic E-state index is 13.3. The lowest BCUT2D eigenvalue weighted by molar-refractivity contribution is -0.118. The van der Waals surface area contributed by atoms with Gasteiger partial charge in [0.1, 0.15) is 11.6 Å². The Labute approximate surface area is 91.9 Å². The number of anilines is 1. The molecule has 0 heterocycles. The molecule has 84 valence electrons. The van der Waals surface area contributed by atoms with Crippen LogP contribution in [0.15, 0.2) is 18.2 Å². The largest absolute Gasteiger partial charge is 0.313 e. The third-order valence-electron chi connectivity index (χ3n) is 2.09. The summed E-state index contributed by atoms with van der Waals surface area (Å²) in [6.45, 7) is 0. The first kappa shape index (κ1) is 12.1. The van der Waals surface area contributed by atoms with Gasteiger partial charge in [-0.3, -0.25) is 4.79 Å². The quantitative estimate of drug-likeness (QED) is 0.790. The van der Waals surface area contributed by atoms with E-state index in [9.17, 15) is 13.6 Å². The molecule has 0 saturated carbocycles. The van der Waals surface area contributed by atoms with Crippen molar-refractivity contribution in [2.24, 2.45) is 0 Å². The highest BCUT2D eigenvalue weighted by Crippen LogP contribution is 2.20. The van der Waals surface area contributed by atoms with E-state index in [4.69, 9.17) is 5.26 Å². The summed E-state index contributed by atoms with van der Waals surface area (Å²) >= 11 is 0. The van der Waals surface area contributed by atoms with Crippen LogP contribution in [0.1, 0.15) is 12.8 Å². The lowest BCUT2D eigenvalue weighted by Crippen LogP contribution is -2.26. The van der Waals surface area contributed by atoms with Crippen molar-refractivity contribution in [1.29, 1.82) is 5.26 Å². The van der Waals surface area contributed by atoms with E-state index in [1.54, 1.807) is 0 Å². The van der Waals surface area contributed by atoms with Gasteiger partial charge in [-0.1, -0.05) is 0 Å². The van der Waals surface area contributed by atoms with Crippen molar-refractivity contribution in [2.75, 3.05) is 11.9 Å². The number of carbonyl (C=O) groups is 1. The molecule has 0 atom stereocenters. The van der Waals surface area contributed by atoms with Gasteiger partial charge in [0.05, 0.1) is 11.8 Å². The van der Waals surface area contributed by atoms with E-state index < -0.39 is 17.5 Å². The third-order valence-corrected chi connectivity index (χ3v) is 2.09. The van der Waals surface area contributed by atoms with Crippen LogP contribution in [0.2, 0.25) is 0 Å². The smallest absolute Gasteiger partial charge is 0.227 e. The number of nitrogens with zero attached hydrogens (tertiary/aromatic N) is 2. The van der Waals surface area contributed by atoms with E-state index in [-0.39, 0.29) is 18.5 Å². The average Bonchev–Trinajstić information content (AvgIpc) is 2.28. The second-order valence-electron chi connectivity index (χ2n) is 3.21. The zero-order valence-corrected chi connectivity index (χ0v) is 8.70. The third kappa shape index (κ3) is 2.76. The van der Waals surface area contributed by atoms with Crippen LogP contribution in [0.3, 0.4) is 0 Å². The van der Waals surface area contributed by atoms with Crippen LogP contribution in [-0.4, -0.2) is 13.0 Å². The average molecular weight is 224 g/mol. The molecule has 0 spiro atoms. The second-order valence-corrected chi connectivity index (χ2v) is 3.21. The molecule has 0 aliphatic heterocycles. The summed E-state index contributed by atoms with van der Waals surface area (Å²) in [5, 5.41) is 8.31. The minimum absolute atomic E-state index is 0.0110. The van der Waals surface area contributed by atoms with Gasteiger partial charge in [0.25, 0.3) is 0 Å². The van der Waals surface area contributed by atoms with Crippen molar-refractivity contribution in [3.8, 4) is 6.07 Å². The first-order chi connectivity index (χ1) is 7.56. The number of rotatable bonds is 3. The molecule has 1 aromatic rings. The zero-order chi connectivity index (χ0) is 12.1. The Balaban J connectivity index is 2.87. The molecule has 0 aliphatic carbocycles. The minimum atomic E-state index is -0.672. The van der Waals surface area contributed by atoms with Crippen molar-refractivity contribution in [2.45, 2.75) is 12.8 Å². The number of benzene rings is 1. The maximum Gasteiger partial charge on any atom is 0.227 e. The molecule has 1 amide bonds. The van der Waals surface area contributed by atoms with Gasteiger partial charge in [0.2, 0.25) is 5.91 Å². The zero-order valence-electron chi connectivity index (χ0n) is 8.70. The van der Waals surface area contributed by atoms with Gasteiger partial charge in [0.15, 0.2) is 0 Å². The lowest BCUT2D eigenvalue weighted by Gasteiger charge is -2.17. The first-order valence-electron chi connectivity index (χ1n) is 4.65. The summed E-state index contributed by atoms with van der Waals surface area (Å²) in [7, 11) is 1.34. The molecule has 0 fully saturated rings. The highest BCUT2D eigenvalue weighted by Gasteiger charge is 2.15. The summed E-state index contributed by atoms with van der Waals surface area (Å²) in [6, 6.07) is 4.70. The first-order valence-corrected chi connectivity index (χ1v) is 4.65. The molecule has 0 aliphatic rings. The Morgan fingerprint density at radius 2 is 2.19 bits per heavy atom. The van der Waals surface area contributed by atoms with E-state index >= 15 is 0 Å². The Bertz CT molecular complexity index is 440. The van der Waals surface area contributed by atoms with Crippen LogP contribution in [0.5, 0.6) is 0 Å². The van der Waals surface area contributed by atoms with Crippen molar-refractivity contribution in [1.82, 2.24) is 0 Å². The number of amides is 1. The number of hydrogen-bond donors (Lipinski definition) is 0. The number of nitriles is 1. The predicted molar refractivity (Wildman–Crippen MR) is 54.6 cm³/mol. The summed E-state index contributed by atoms with van der Waals surface area (Å²) < 4.78 is 26.1. The minimum Gasteiger partial charge on any atom is -0.313 e. The van der Waals surface area contributed by atoms with Gasteiger partial charge in [-0.15, -0.1) is 0 Å². The summed E-state index contributed by atoms with van der Waals surface area (Å²) in [4.78, 5) is 12.5. The van der Waals surface area contributed by atoms with Gasteiger partial charge in [0, 0.05) is 26.0 Å². The van der Waals surface area contributed by atoms with E-state index in [0.717, 1.165) is 23.1 Å². The molecule has 5 heteroatoms. The second kappa shape index (κ2) is 5.21. The number of hydrogen-bond acceptors (Lipinski definition) is 2. The highest BCUT2D eigenvalue weighted by molar-refractivity contribution is 5.92. The van der Waals surface area contributed by atoms with Crippen molar-refractivity contribution in [3.63, 3.8) is 0 Å². The number of carbonyl (C=O) groups excluding carboxylic acids is 1. The normalized spacial score (nSPS) is 9.62. The molecule has 3 nitrogen and oxygen atoms in total. The highest BCUT2D eigenvalue weighted by atomic mass is 19.1. The van der Waals surface area contributed by atoms with Crippen molar-refractivity contribution in [3.05, 3.63) is 29.8 Å². The number of halogens is 2. The fourth-order valence-electron chi connectivity index (χ4n) is 1.21. The topological polar surface area (TPSA) is 44.1 Å². The van der Waals surface area contributed by atoms with E-state index in [0.29, 0.717) is 0 Å². The molecular weight excluding hydrogens is 214 g/mol. The fraction of sp³-hybridized carbons (Fsp3) is 0.273. The van der Waals surface area contributed by atoms with E-state index in [1.165, 1.54) is 7.05 Å². The van der Waals surface area contributed by atoms with E-state index in [2.05, 4.69) is 0 Å². The Morgan fingerprint density at radius 3 is 2.81 bits per heavy atom. The Morgan fingerprint density at radius 1 is 1.50 bits per heavy atom. The molecular formula is C11H10F2N2O. The molecule has 0 bridgehead atoms. The van der Waals surface area contributed by atoms with Gasteiger partial charge >= 0.3 is 0 Å². The summed E-state index contributed by atoms with van der Waals surface area (Å²) in [5.41, 5.74) is -0.122. The SMILES string of the molecule is CN(C(=O)CCC#N)c1cc(F)ccc1F.